The minimum atomic E-state index is -0.0140. The minimum absolute atomic E-state index is 0.0140. The van der Waals surface area contributed by atoms with Gasteiger partial charge in [-0.25, -0.2) is 4.98 Å². The van der Waals surface area contributed by atoms with Gasteiger partial charge >= 0.3 is 0 Å². The van der Waals surface area contributed by atoms with Crippen LogP contribution in [0.5, 0.6) is 0 Å². The fourth-order valence-corrected chi connectivity index (χ4v) is 3.12. The maximum absolute atomic E-state index is 12.4. The number of nitrogens with zero attached hydrogens (tertiary/aromatic N) is 1. The van der Waals surface area contributed by atoms with Crippen molar-refractivity contribution in [3.63, 3.8) is 0 Å². The van der Waals surface area contributed by atoms with Crippen LogP contribution in [0.2, 0.25) is 0 Å². The number of aromatic nitrogens is 1. The van der Waals surface area contributed by atoms with Crippen molar-refractivity contribution in [2.24, 2.45) is 5.92 Å². The highest BCUT2D eigenvalue weighted by Gasteiger charge is 2.24. The second kappa shape index (κ2) is 7.27. The molecule has 2 rings (SSSR count). The Morgan fingerprint density at radius 3 is 2.80 bits per heavy atom. The second-order valence-corrected chi connectivity index (χ2v) is 5.54. The monoisotopic (exact) mass is 275 g/mol. The lowest BCUT2D eigenvalue weighted by Crippen LogP contribution is -2.40. The molecular weight excluding hydrogens is 250 g/mol. The van der Waals surface area contributed by atoms with E-state index in [2.05, 4.69) is 22.5 Å². The summed E-state index contributed by atoms with van der Waals surface area (Å²) in [6.07, 6.45) is 9.10. The average molecular weight is 275 g/mol. The third-order valence-corrected chi connectivity index (χ3v) is 4.26. The molecule has 1 aromatic rings. The summed E-state index contributed by atoms with van der Waals surface area (Å²) in [6.45, 7) is 2.15. The third kappa shape index (κ3) is 3.50. The van der Waals surface area contributed by atoms with Gasteiger partial charge < -0.3 is 10.6 Å². The van der Waals surface area contributed by atoms with E-state index in [-0.39, 0.29) is 11.9 Å². The number of anilines is 1. The first-order chi connectivity index (χ1) is 9.76. The molecule has 0 aromatic carbocycles. The van der Waals surface area contributed by atoms with Gasteiger partial charge in [-0.2, -0.15) is 0 Å². The highest BCUT2D eigenvalue weighted by molar-refractivity contribution is 5.98. The maximum Gasteiger partial charge on any atom is 0.255 e. The zero-order valence-electron chi connectivity index (χ0n) is 12.5. The van der Waals surface area contributed by atoms with Crippen LogP contribution in [-0.2, 0) is 0 Å². The van der Waals surface area contributed by atoms with Crippen LogP contribution >= 0.6 is 0 Å². The number of hydrogen-bond acceptors (Lipinski definition) is 3. The number of rotatable bonds is 5. The molecule has 1 amide bonds. The maximum atomic E-state index is 12.4. The number of amides is 1. The molecule has 4 nitrogen and oxygen atoms in total. The molecule has 0 radical (unpaired) electrons. The zero-order chi connectivity index (χ0) is 14.4. The molecule has 0 spiro atoms. The molecule has 0 saturated heterocycles. The number of carbonyl (C=O) groups is 1. The van der Waals surface area contributed by atoms with Crippen molar-refractivity contribution in [1.29, 1.82) is 0 Å². The number of carbonyl (C=O) groups excluding carboxylic acids is 1. The third-order valence-electron chi connectivity index (χ3n) is 4.26. The van der Waals surface area contributed by atoms with Crippen LogP contribution in [0.25, 0.3) is 0 Å². The fourth-order valence-electron chi connectivity index (χ4n) is 3.12. The van der Waals surface area contributed by atoms with Crippen molar-refractivity contribution in [1.82, 2.24) is 10.3 Å². The van der Waals surface area contributed by atoms with E-state index in [1.165, 1.54) is 32.1 Å². The molecule has 1 aliphatic rings. The van der Waals surface area contributed by atoms with Gasteiger partial charge in [0.15, 0.2) is 0 Å². The van der Waals surface area contributed by atoms with Crippen LogP contribution in [0.15, 0.2) is 18.3 Å². The van der Waals surface area contributed by atoms with E-state index in [1.54, 1.807) is 19.3 Å². The lowest BCUT2D eigenvalue weighted by Gasteiger charge is -2.30. The summed E-state index contributed by atoms with van der Waals surface area (Å²) in [4.78, 5) is 16.6. The predicted octanol–water partition coefficient (Wildman–Crippen LogP) is 3.21. The van der Waals surface area contributed by atoms with Crippen molar-refractivity contribution < 1.29 is 4.79 Å². The Labute approximate surface area is 121 Å². The molecule has 1 heterocycles. The smallest absolute Gasteiger partial charge is 0.255 e. The van der Waals surface area contributed by atoms with E-state index in [0.717, 1.165) is 6.42 Å². The Kier molecular flexibility index (Phi) is 5.39. The molecule has 1 atom stereocenters. The Hall–Kier alpha value is -1.58. The van der Waals surface area contributed by atoms with Gasteiger partial charge in [0.25, 0.3) is 5.91 Å². The van der Waals surface area contributed by atoms with Crippen LogP contribution in [0.1, 0.15) is 55.8 Å². The quantitative estimate of drug-likeness (QED) is 0.867. The molecule has 4 heteroatoms. The summed E-state index contributed by atoms with van der Waals surface area (Å²) in [7, 11) is 1.79. The number of pyridine rings is 1. The summed E-state index contributed by atoms with van der Waals surface area (Å²) in [6, 6.07) is 3.91. The van der Waals surface area contributed by atoms with Crippen molar-refractivity contribution >= 4 is 11.7 Å². The van der Waals surface area contributed by atoms with Gasteiger partial charge in [-0.3, -0.25) is 4.79 Å². The van der Waals surface area contributed by atoms with Crippen molar-refractivity contribution in [2.45, 2.75) is 51.5 Å². The van der Waals surface area contributed by atoms with Crippen LogP contribution in [-0.4, -0.2) is 24.0 Å². The number of nitrogens with one attached hydrogen (secondary N) is 2. The van der Waals surface area contributed by atoms with Gasteiger partial charge in [-0.05, 0) is 37.3 Å². The molecule has 110 valence electrons. The van der Waals surface area contributed by atoms with Crippen LogP contribution in [0.3, 0.4) is 0 Å². The summed E-state index contributed by atoms with van der Waals surface area (Å²) in [5.74, 6) is 1.26. The Balaban J connectivity index is 2.04. The largest absolute Gasteiger partial charge is 0.372 e. The van der Waals surface area contributed by atoms with E-state index < -0.39 is 0 Å². The minimum Gasteiger partial charge on any atom is -0.372 e. The first-order valence-corrected chi connectivity index (χ1v) is 7.70. The lowest BCUT2D eigenvalue weighted by molar-refractivity contribution is 0.0911. The first kappa shape index (κ1) is 14.8. The summed E-state index contributed by atoms with van der Waals surface area (Å²) >= 11 is 0. The standard InChI is InChI=1S/C16H25N3O/c1-3-14(12-8-5-4-6-9-12)19-16(20)13-10-7-11-18-15(13)17-2/h7,10-12,14H,3-6,8-9H2,1-2H3,(H,17,18)(H,19,20). The summed E-state index contributed by atoms with van der Waals surface area (Å²) in [5, 5.41) is 6.18. The first-order valence-electron chi connectivity index (χ1n) is 7.70. The molecular formula is C16H25N3O. The Bertz CT molecular complexity index is 441. The topological polar surface area (TPSA) is 54.0 Å². The average Bonchev–Trinajstić information content (AvgIpc) is 2.53. The molecule has 20 heavy (non-hydrogen) atoms. The van der Waals surface area contributed by atoms with Crippen LogP contribution in [0, 0.1) is 5.92 Å². The van der Waals surface area contributed by atoms with Gasteiger partial charge in [0.2, 0.25) is 0 Å². The van der Waals surface area contributed by atoms with Gasteiger partial charge in [0.1, 0.15) is 5.82 Å². The highest BCUT2D eigenvalue weighted by atomic mass is 16.1. The van der Waals surface area contributed by atoms with E-state index in [9.17, 15) is 4.79 Å². The molecule has 1 aliphatic carbocycles. The van der Waals surface area contributed by atoms with Gasteiger partial charge in [-0.15, -0.1) is 0 Å². The highest BCUT2D eigenvalue weighted by Crippen LogP contribution is 2.28. The molecule has 1 unspecified atom stereocenters. The molecule has 0 aliphatic heterocycles. The van der Waals surface area contributed by atoms with E-state index in [4.69, 9.17) is 0 Å². The lowest BCUT2D eigenvalue weighted by atomic mass is 9.83. The Morgan fingerprint density at radius 1 is 1.40 bits per heavy atom. The predicted molar refractivity (Wildman–Crippen MR) is 81.9 cm³/mol. The molecule has 2 N–H and O–H groups in total. The van der Waals surface area contributed by atoms with Crippen molar-refractivity contribution in [3.8, 4) is 0 Å². The Morgan fingerprint density at radius 2 is 2.15 bits per heavy atom. The normalized spacial score (nSPS) is 17.5. The van der Waals surface area contributed by atoms with E-state index >= 15 is 0 Å². The molecule has 1 saturated carbocycles. The van der Waals surface area contributed by atoms with Crippen molar-refractivity contribution in [3.05, 3.63) is 23.9 Å². The van der Waals surface area contributed by atoms with E-state index in [1.807, 2.05) is 6.07 Å². The van der Waals surface area contributed by atoms with Gasteiger partial charge in [0, 0.05) is 19.3 Å². The zero-order valence-corrected chi connectivity index (χ0v) is 12.5. The summed E-state index contributed by atoms with van der Waals surface area (Å²) < 4.78 is 0. The van der Waals surface area contributed by atoms with Gasteiger partial charge in [0.05, 0.1) is 5.56 Å². The second-order valence-electron chi connectivity index (χ2n) is 5.54. The van der Waals surface area contributed by atoms with Crippen molar-refractivity contribution in [2.75, 3.05) is 12.4 Å². The fraction of sp³-hybridized carbons (Fsp3) is 0.625. The molecule has 0 bridgehead atoms. The van der Waals surface area contributed by atoms with Gasteiger partial charge in [-0.1, -0.05) is 26.2 Å². The summed E-state index contributed by atoms with van der Waals surface area (Å²) in [5.41, 5.74) is 0.629. The SMILES string of the molecule is CCC(NC(=O)c1cccnc1NC)C1CCCCC1. The van der Waals surface area contributed by atoms with E-state index in [0.29, 0.717) is 17.3 Å². The van der Waals surface area contributed by atoms with Crippen LogP contribution < -0.4 is 10.6 Å². The molecule has 1 aromatic heterocycles. The molecule has 1 fully saturated rings. The van der Waals surface area contributed by atoms with Crippen LogP contribution in [0.4, 0.5) is 5.82 Å². The number of hydrogen-bond donors (Lipinski definition) is 2.